The largest absolute Gasteiger partial charge is 0.390 e. The Labute approximate surface area is 73.9 Å². The molecule has 12 heavy (non-hydrogen) atoms. The van der Waals surface area contributed by atoms with E-state index < -0.39 is 0 Å². The van der Waals surface area contributed by atoms with E-state index in [1.165, 1.54) is 6.42 Å². The molecule has 1 aliphatic carbocycles. The quantitative estimate of drug-likeness (QED) is 0.599. The zero-order valence-electron chi connectivity index (χ0n) is 8.13. The first kappa shape index (κ1) is 8.52. The van der Waals surface area contributed by atoms with Gasteiger partial charge >= 0.3 is 0 Å². The van der Waals surface area contributed by atoms with E-state index in [1.54, 1.807) is 0 Å². The highest BCUT2D eigenvalue weighted by atomic mass is 16.5. The molecule has 0 spiro atoms. The van der Waals surface area contributed by atoms with Crippen LogP contribution in [0.15, 0.2) is 0 Å². The lowest BCUT2D eigenvalue weighted by molar-refractivity contribution is -0.273. The van der Waals surface area contributed by atoms with Gasteiger partial charge < -0.3 is 9.84 Å². The van der Waals surface area contributed by atoms with Gasteiger partial charge in [-0.2, -0.15) is 0 Å². The van der Waals surface area contributed by atoms with Crippen molar-refractivity contribution in [1.82, 2.24) is 0 Å². The molecule has 0 aromatic rings. The molecule has 3 atom stereocenters. The van der Waals surface area contributed by atoms with Gasteiger partial charge in [0.1, 0.15) is 0 Å². The van der Waals surface area contributed by atoms with E-state index in [9.17, 15) is 5.11 Å². The second kappa shape index (κ2) is 2.24. The van der Waals surface area contributed by atoms with Crippen molar-refractivity contribution in [3.63, 3.8) is 0 Å². The highest BCUT2D eigenvalue weighted by Gasteiger charge is 2.53. The van der Waals surface area contributed by atoms with Gasteiger partial charge in [-0.1, -0.05) is 0 Å². The molecule has 3 rings (SSSR count). The maximum atomic E-state index is 9.77. The molecule has 2 saturated heterocycles. The Morgan fingerprint density at radius 1 is 1.33 bits per heavy atom. The molecule has 0 amide bonds. The maximum absolute atomic E-state index is 9.77. The van der Waals surface area contributed by atoms with Crippen molar-refractivity contribution in [1.29, 1.82) is 0 Å². The van der Waals surface area contributed by atoms with Crippen LogP contribution in [-0.4, -0.2) is 22.4 Å². The SMILES string of the molecule is CC1(C)O[C@]2(C)CCC1C[C@H]2O. The van der Waals surface area contributed by atoms with E-state index in [0.717, 1.165) is 12.8 Å². The van der Waals surface area contributed by atoms with Crippen LogP contribution in [0, 0.1) is 5.92 Å². The lowest BCUT2D eigenvalue weighted by atomic mass is 9.67. The van der Waals surface area contributed by atoms with Crippen LogP contribution in [0.5, 0.6) is 0 Å². The summed E-state index contributed by atoms with van der Waals surface area (Å²) >= 11 is 0. The summed E-state index contributed by atoms with van der Waals surface area (Å²) < 4.78 is 5.92. The summed E-state index contributed by atoms with van der Waals surface area (Å²) in [5.41, 5.74) is -0.287. The summed E-state index contributed by atoms with van der Waals surface area (Å²) in [4.78, 5) is 0. The molecule has 1 N–H and O–H groups in total. The molecule has 2 heteroatoms. The Kier molecular flexibility index (Phi) is 1.59. The monoisotopic (exact) mass is 170 g/mol. The van der Waals surface area contributed by atoms with Gasteiger partial charge in [-0.25, -0.2) is 0 Å². The number of aliphatic hydroxyl groups excluding tert-OH is 1. The van der Waals surface area contributed by atoms with E-state index in [2.05, 4.69) is 13.8 Å². The second-order valence-electron chi connectivity index (χ2n) is 5.01. The number of rotatable bonds is 0. The lowest BCUT2D eigenvalue weighted by Crippen LogP contribution is -2.61. The fourth-order valence-electron chi connectivity index (χ4n) is 2.70. The van der Waals surface area contributed by atoms with Gasteiger partial charge in [0.05, 0.1) is 17.3 Å². The predicted molar refractivity (Wildman–Crippen MR) is 46.9 cm³/mol. The third-order valence-electron chi connectivity index (χ3n) is 3.68. The van der Waals surface area contributed by atoms with Crippen molar-refractivity contribution < 1.29 is 9.84 Å². The molecular weight excluding hydrogens is 152 g/mol. The molecular formula is C10H18O2. The van der Waals surface area contributed by atoms with Crippen LogP contribution in [0.3, 0.4) is 0 Å². The number of hydrogen-bond acceptors (Lipinski definition) is 2. The topological polar surface area (TPSA) is 29.5 Å². The summed E-state index contributed by atoms with van der Waals surface area (Å²) in [6.07, 6.45) is 2.90. The Morgan fingerprint density at radius 3 is 2.33 bits per heavy atom. The second-order valence-corrected chi connectivity index (χ2v) is 5.01. The third-order valence-corrected chi connectivity index (χ3v) is 3.68. The zero-order chi connectivity index (χ0) is 8.98. The van der Waals surface area contributed by atoms with Crippen molar-refractivity contribution in [2.24, 2.45) is 5.92 Å². The van der Waals surface area contributed by atoms with Gasteiger partial charge in [0.15, 0.2) is 0 Å². The molecule has 0 aromatic carbocycles. The Bertz CT molecular complexity index is 200. The average Bonchev–Trinajstić information content (AvgIpc) is 1.91. The van der Waals surface area contributed by atoms with Crippen molar-refractivity contribution >= 4 is 0 Å². The van der Waals surface area contributed by atoms with Crippen molar-refractivity contribution in [3.05, 3.63) is 0 Å². The van der Waals surface area contributed by atoms with E-state index in [0.29, 0.717) is 5.92 Å². The van der Waals surface area contributed by atoms with Crippen LogP contribution < -0.4 is 0 Å². The molecule has 2 bridgehead atoms. The lowest BCUT2D eigenvalue weighted by Gasteiger charge is -2.56. The minimum atomic E-state index is -0.266. The Balaban J connectivity index is 2.26. The molecule has 1 saturated carbocycles. The Hall–Kier alpha value is -0.0800. The summed E-state index contributed by atoms with van der Waals surface area (Å²) in [6.45, 7) is 6.32. The van der Waals surface area contributed by atoms with Crippen LogP contribution >= 0.6 is 0 Å². The first-order valence-corrected chi connectivity index (χ1v) is 4.82. The van der Waals surface area contributed by atoms with Gasteiger partial charge in [-0.15, -0.1) is 0 Å². The van der Waals surface area contributed by atoms with Gasteiger partial charge in [-0.05, 0) is 46.0 Å². The van der Waals surface area contributed by atoms with Gasteiger partial charge in [0.2, 0.25) is 0 Å². The molecule has 2 nitrogen and oxygen atoms in total. The fourth-order valence-corrected chi connectivity index (χ4v) is 2.70. The van der Waals surface area contributed by atoms with E-state index in [1.807, 2.05) is 6.92 Å². The average molecular weight is 170 g/mol. The van der Waals surface area contributed by atoms with Gasteiger partial charge in [-0.3, -0.25) is 0 Å². The number of ether oxygens (including phenoxy) is 1. The first-order valence-electron chi connectivity index (χ1n) is 4.82. The van der Waals surface area contributed by atoms with E-state index in [-0.39, 0.29) is 17.3 Å². The summed E-state index contributed by atoms with van der Waals surface area (Å²) in [5, 5.41) is 9.77. The van der Waals surface area contributed by atoms with Crippen LogP contribution in [0.25, 0.3) is 0 Å². The molecule has 0 aromatic heterocycles. The standard InChI is InChI=1S/C10H18O2/c1-9(2)7-4-5-10(3,12-9)8(11)6-7/h7-8,11H,4-6H2,1-3H3/t7?,8-,10-/m1/s1. The van der Waals surface area contributed by atoms with Crippen LogP contribution in [0.4, 0.5) is 0 Å². The number of fused-ring (bicyclic) bond motifs is 3. The van der Waals surface area contributed by atoms with Crippen molar-refractivity contribution in [3.8, 4) is 0 Å². The van der Waals surface area contributed by atoms with E-state index >= 15 is 0 Å². The van der Waals surface area contributed by atoms with Crippen LogP contribution in [0.1, 0.15) is 40.0 Å². The molecule has 1 unspecified atom stereocenters. The molecule has 3 aliphatic rings. The minimum Gasteiger partial charge on any atom is -0.390 e. The zero-order valence-corrected chi connectivity index (χ0v) is 8.13. The predicted octanol–water partition coefficient (Wildman–Crippen LogP) is 1.71. The minimum absolute atomic E-state index is 0.0216. The molecule has 3 fully saturated rings. The van der Waals surface area contributed by atoms with Crippen LogP contribution in [-0.2, 0) is 4.74 Å². The summed E-state index contributed by atoms with van der Waals surface area (Å²) in [5.74, 6) is 0.550. The smallest absolute Gasteiger partial charge is 0.0919 e. The Morgan fingerprint density at radius 2 is 2.00 bits per heavy atom. The third kappa shape index (κ3) is 1.01. The summed E-state index contributed by atoms with van der Waals surface area (Å²) in [7, 11) is 0. The van der Waals surface area contributed by atoms with Crippen LogP contribution in [0.2, 0.25) is 0 Å². The number of hydrogen-bond donors (Lipinski definition) is 1. The molecule has 2 heterocycles. The van der Waals surface area contributed by atoms with Gasteiger partial charge in [0, 0.05) is 0 Å². The van der Waals surface area contributed by atoms with Crippen molar-refractivity contribution in [2.45, 2.75) is 57.3 Å². The molecule has 70 valence electrons. The molecule has 2 aliphatic heterocycles. The van der Waals surface area contributed by atoms with E-state index in [4.69, 9.17) is 4.74 Å². The normalized spacial score (nSPS) is 51.0. The fraction of sp³-hybridized carbons (Fsp3) is 1.00. The molecule has 0 radical (unpaired) electrons. The number of aliphatic hydroxyl groups is 1. The van der Waals surface area contributed by atoms with Gasteiger partial charge in [0.25, 0.3) is 0 Å². The highest BCUT2D eigenvalue weighted by Crippen LogP contribution is 2.49. The summed E-state index contributed by atoms with van der Waals surface area (Å²) in [6, 6.07) is 0. The first-order chi connectivity index (χ1) is 5.44. The highest BCUT2D eigenvalue weighted by molar-refractivity contribution is 5.02. The maximum Gasteiger partial charge on any atom is 0.0919 e. The van der Waals surface area contributed by atoms with Crippen molar-refractivity contribution in [2.75, 3.05) is 0 Å².